The van der Waals surface area contributed by atoms with Gasteiger partial charge in [-0.2, -0.15) is 0 Å². The first-order valence-corrected chi connectivity index (χ1v) is 9.30. The molecule has 0 radical (unpaired) electrons. The summed E-state index contributed by atoms with van der Waals surface area (Å²) in [6, 6.07) is 7.74. The number of nitrogens with zero attached hydrogens (tertiary/aromatic N) is 4. The predicted molar refractivity (Wildman–Crippen MR) is 97.0 cm³/mol. The summed E-state index contributed by atoms with van der Waals surface area (Å²) in [7, 11) is 3.59. The third-order valence-corrected chi connectivity index (χ3v) is 5.33. The zero-order valence-corrected chi connectivity index (χ0v) is 15.4. The number of hydrogen-bond acceptors (Lipinski definition) is 7. The number of β-amino-alcohol motifs (C(OH)–C–C–N with tert-alkyl or cyclic N) is 1. The van der Waals surface area contributed by atoms with Crippen LogP contribution < -0.4 is 4.74 Å². The molecule has 1 atom stereocenters. The molecular weight excluding hydrogens is 340 g/mol. The van der Waals surface area contributed by atoms with Crippen LogP contribution in [0.2, 0.25) is 0 Å². The van der Waals surface area contributed by atoms with Gasteiger partial charge in [0.25, 0.3) is 0 Å². The molecule has 1 fully saturated rings. The maximum Gasteiger partial charge on any atom is 0.191 e. The highest BCUT2D eigenvalue weighted by Crippen LogP contribution is 2.24. The molecule has 1 N–H and O–H groups in total. The van der Waals surface area contributed by atoms with E-state index < -0.39 is 6.10 Å². The molecule has 25 heavy (non-hydrogen) atoms. The molecule has 1 aromatic carbocycles. The fraction of sp³-hybridized carbons (Fsp3) is 0.529. The van der Waals surface area contributed by atoms with Gasteiger partial charge in [0.2, 0.25) is 0 Å². The van der Waals surface area contributed by atoms with Gasteiger partial charge in [-0.25, -0.2) is 0 Å². The lowest BCUT2D eigenvalue weighted by atomic mass is 10.2. The second-order valence-electron chi connectivity index (χ2n) is 5.97. The Morgan fingerprint density at radius 3 is 2.64 bits per heavy atom. The van der Waals surface area contributed by atoms with Crippen molar-refractivity contribution in [3.63, 3.8) is 0 Å². The molecule has 0 bridgehead atoms. The van der Waals surface area contributed by atoms with Gasteiger partial charge in [0, 0.05) is 38.0 Å². The first kappa shape index (κ1) is 18.2. The Morgan fingerprint density at radius 2 is 1.96 bits per heavy atom. The van der Waals surface area contributed by atoms with Gasteiger partial charge in [-0.15, -0.1) is 10.2 Å². The topological polar surface area (TPSA) is 72.6 Å². The minimum Gasteiger partial charge on any atom is -0.497 e. The first-order chi connectivity index (χ1) is 12.2. The maximum absolute atomic E-state index is 10.3. The van der Waals surface area contributed by atoms with Crippen molar-refractivity contribution in [2.45, 2.75) is 11.3 Å². The van der Waals surface area contributed by atoms with E-state index in [4.69, 9.17) is 9.47 Å². The SMILES string of the molecule is COc1ccc(-c2nnc(SC[C@H](O)CN3CCOCC3)n2C)cc1. The molecule has 1 aromatic heterocycles. The molecule has 2 heterocycles. The van der Waals surface area contributed by atoms with Gasteiger partial charge < -0.3 is 19.1 Å². The molecule has 0 amide bonds. The lowest BCUT2D eigenvalue weighted by molar-refractivity contribution is 0.0188. The van der Waals surface area contributed by atoms with Crippen molar-refractivity contribution in [1.29, 1.82) is 0 Å². The van der Waals surface area contributed by atoms with E-state index >= 15 is 0 Å². The quantitative estimate of drug-likeness (QED) is 0.742. The monoisotopic (exact) mass is 364 g/mol. The second-order valence-corrected chi connectivity index (χ2v) is 6.96. The van der Waals surface area contributed by atoms with Crippen molar-refractivity contribution in [2.75, 3.05) is 45.7 Å². The molecule has 8 heteroatoms. The van der Waals surface area contributed by atoms with Crippen molar-refractivity contribution >= 4 is 11.8 Å². The van der Waals surface area contributed by atoms with Crippen LogP contribution in [0.4, 0.5) is 0 Å². The van der Waals surface area contributed by atoms with Crippen LogP contribution in [-0.4, -0.2) is 76.6 Å². The van der Waals surface area contributed by atoms with Crippen molar-refractivity contribution in [3.05, 3.63) is 24.3 Å². The summed E-state index contributed by atoms with van der Waals surface area (Å²) in [5.41, 5.74) is 0.983. The van der Waals surface area contributed by atoms with Crippen molar-refractivity contribution < 1.29 is 14.6 Å². The van der Waals surface area contributed by atoms with Crippen LogP contribution >= 0.6 is 11.8 Å². The normalized spacial score (nSPS) is 16.8. The van der Waals surface area contributed by atoms with Crippen molar-refractivity contribution in [1.82, 2.24) is 19.7 Å². The van der Waals surface area contributed by atoms with Crippen LogP contribution in [0, 0.1) is 0 Å². The number of ether oxygens (including phenoxy) is 2. The molecule has 0 spiro atoms. The fourth-order valence-electron chi connectivity index (χ4n) is 2.74. The summed E-state index contributed by atoms with van der Waals surface area (Å²) in [5.74, 6) is 2.20. The predicted octanol–water partition coefficient (Wildman–Crippen LogP) is 1.28. The molecule has 1 saturated heterocycles. The van der Waals surface area contributed by atoms with Gasteiger partial charge in [0.1, 0.15) is 5.75 Å². The molecule has 7 nitrogen and oxygen atoms in total. The molecule has 2 aromatic rings. The highest BCUT2D eigenvalue weighted by Gasteiger charge is 2.17. The van der Waals surface area contributed by atoms with Crippen molar-refractivity contribution in [2.24, 2.45) is 7.05 Å². The van der Waals surface area contributed by atoms with Gasteiger partial charge in [-0.1, -0.05) is 11.8 Å². The van der Waals surface area contributed by atoms with Gasteiger partial charge in [-0.05, 0) is 24.3 Å². The van der Waals surface area contributed by atoms with Crippen LogP contribution in [0.5, 0.6) is 5.75 Å². The Labute approximate surface area is 151 Å². The lowest BCUT2D eigenvalue weighted by Gasteiger charge is -2.28. The Morgan fingerprint density at radius 1 is 1.24 bits per heavy atom. The van der Waals surface area contributed by atoms with Crippen LogP contribution in [0.3, 0.4) is 0 Å². The largest absolute Gasteiger partial charge is 0.497 e. The fourth-order valence-corrected chi connectivity index (χ4v) is 3.56. The number of aromatic nitrogens is 3. The summed E-state index contributed by atoms with van der Waals surface area (Å²) in [4.78, 5) is 2.23. The molecule has 136 valence electrons. The number of rotatable bonds is 7. The summed E-state index contributed by atoms with van der Waals surface area (Å²) >= 11 is 1.52. The number of hydrogen-bond donors (Lipinski definition) is 1. The number of benzene rings is 1. The van der Waals surface area contributed by atoms with Gasteiger partial charge in [0.05, 0.1) is 26.4 Å². The lowest BCUT2D eigenvalue weighted by Crippen LogP contribution is -2.41. The number of methoxy groups -OCH3 is 1. The molecule has 1 aliphatic heterocycles. The maximum atomic E-state index is 10.3. The van der Waals surface area contributed by atoms with Crippen LogP contribution in [0.25, 0.3) is 11.4 Å². The minimum absolute atomic E-state index is 0.399. The molecule has 1 aliphatic rings. The van der Waals surface area contributed by atoms with E-state index in [9.17, 15) is 5.11 Å². The number of aliphatic hydroxyl groups excluding tert-OH is 1. The Kier molecular flexibility index (Phi) is 6.30. The van der Waals surface area contributed by atoms with Crippen LogP contribution in [0.15, 0.2) is 29.4 Å². The molecule has 0 saturated carbocycles. The van der Waals surface area contributed by atoms with E-state index in [0.29, 0.717) is 12.3 Å². The highest BCUT2D eigenvalue weighted by atomic mass is 32.2. The smallest absolute Gasteiger partial charge is 0.191 e. The molecular formula is C17H24N4O3S. The van der Waals surface area contributed by atoms with Crippen LogP contribution in [0.1, 0.15) is 0 Å². The first-order valence-electron chi connectivity index (χ1n) is 8.32. The molecule has 0 unspecified atom stereocenters. The average Bonchev–Trinajstić information content (AvgIpc) is 3.01. The van der Waals surface area contributed by atoms with E-state index in [-0.39, 0.29) is 0 Å². The summed E-state index contributed by atoms with van der Waals surface area (Å²) in [5, 5.41) is 19.6. The van der Waals surface area contributed by atoms with E-state index in [2.05, 4.69) is 15.1 Å². The summed E-state index contributed by atoms with van der Waals surface area (Å²) in [6.45, 7) is 3.92. The third kappa shape index (κ3) is 4.72. The number of aliphatic hydroxyl groups is 1. The summed E-state index contributed by atoms with van der Waals surface area (Å²) in [6.07, 6.45) is -0.399. The Hall–Kier alpha value is -1.61. The zero-order chi connectivity index (χ0) is 17.6. The molecule has 3 rings (SSSR count). The highest BCUT2D eigenvalue weighted by molar-refractivity contribution is 7.99. The van der Waals surface area contributed by atoms with Gasteiger partial charge in [-0.3, -0.25) is 4.90 Å². The number of thioether (sulfide) groups is 1. The second kappa shape index (κ2) is 8.66. The van der Waals surface area contributed by atoms with Gasteiger partial charge >= 0.3 is 0 Å². The standard InChI is InChI=1S/C17H24N4O3S/c1-20-16(13-3-5-15(23-2)6-4-13)18-19-17(20)25-12-14(22)11-21-7-9-24-10-8-21/h3-6,14,22H,7-12H2,1-2H3/t14-/m1/s1. The van der Waals surface area contributed by atoms with Crippen LogP contribution in [-0.2, 0) is 11.8 Å². The van der Waals surface area contributed by atoms with Gasteiger partial charge in [0.15, 0.2) is 11.0 Å². The van der Waals surface area contributed by atoms with E-state index in [1.807, 2.05) is 35.9 Å². The Balaban J connectivity index is 1.57. The zero-order valence-electron chi connectivity index (χ0n) is 14.6. The van der Waals surface area contributed by atoms with E-state index in [0.717, 1.165) is 48.6 Å². The summed E-state index contributed by atoms with van der Waals surface area (Å²) < 4.78 is 12.5. The molecule has 0 aliphatic carbocycles. The Bertz CT molecular complexity index is 671. The van der Waals surface area contributed by atoms with E-state index in [1.54, 1.807) is 7.11 Å². The third-order valence-electron chi connectivity index (χ3n) is 4.16. The number of morpholine rings is 1. The van der Waals surface area contributed by atoms with E-state index in [1.165, 1.54) is 11.8 Å². The minimum atomic E-state index is -0.399. The average molecular weight is 364 g/mol. The van der Waals surface area contributed by atoms with Crippen molar-refractivity contribution in [3.8, 4) is 17.1 Å².